The van der Waals surface area contributed by atoms with E-state index in [0.29, 0.717) is 18.9 Å². The highest BCUT2D eigenvalue weighted by Gasteiger charge is 2.22. The zero-order valence-electron chi connectivity index (χ0n) is 11.1. The predicted octanol–water partition coefficient (Wildman–Crippen LogP) is 0.0998. The first-order valence-corrected chi connectivity index (χ1v) is 5.98. The highest BCUT2D eigenvalue weighted by Crippen LogP contribution is 1.97. The molecule has 1 rings (SSSR count). The smallest absolute Gasteiger partial charge is 0.291 e. The lowest BCUT2D eigenvalue weighted by Crippen LogP contribution is -2.47. The predicted molar refractivity (Wildman–Crippen MR) is 66.0 cm³/mol. The molecule has 1 aromatic heterocycles. The minimum absolute atomic E-state index is 0.0479. The van der Waals surface area contributed by atoms with E-state index in [9.17, 15) is 9.59 Å². The highest BCUT2D eigenvalue weighted by molar-refractivity contribution is 5.94. The van der Waals surface area contributed by atoms with Crippen LogP contribution in [-0.2, 0) is 4.79 Å². The Morgan fingerprint density at radius 3 is 2.44 bits per heavy atom. The van der Waals surface area contributed by atoms with Gasteiger partial charge in [-0.1, -0.05) is 0 Å². The molecule has 0 spiro atoms. The number of nitrogens with zero attached hydrogens (tertiary/aromatic N) is 3. The van der Waals surface area contributed by atoms with Gasteiger partial charge in [0, 0.05) is 13.1 Å². The van der Waals surface area contributed by atoms with E-state index in [-0.39, 0.29) is 11.7 Å². The Kier molecular flexibility index (Phi) is 4.82. The number of hydrogen-bond acceptors (Lipinski definition) is 4. The molecule has 0 radical (unpaired) electrons. The topological polar surface area (TPSA) is 91.0 Å². The first kappa shape index (κ1) is 14.1. The Balaban J connectivity index is 2.62. The standard InChI is InChI=1S/C11H19N5O2/c1-5-16(6-2)11(18)7(3)12-10(17)9-13-8(4)14-15-9/h7H,5-6H2,1-4H3,(H,12,17)(H,13,14,15). The van der Waals surface area contributed by atoms with Crippen LogP contribution in [0.2, 0.25) is 0 Å². The SMILES string of the molecule is CCN(CC)C(=O)C(C)NC(=O)c1n[nH]c(C)n1. The Hall–Kier alpha value is -1.92. The van der Waals surface area contributed by atoms with Gasteiger partial charge in [0.05, 0.1) is 0 Å². The van der Waals surface area contributed by atoms with Gasteiger partial charge in [-0.05, 0) is 27.7 Å². The molecule has 0 aliphatic carbocycles. The van der Waals surface area contributed by atoms with E-state index in [2.05, 4.69) is 20.5 Å². The van der Waals surface area contributed by atoms with Gasteiger partial charge in [0.2, 0.25) is 11.7 Å². The number of carbonyl (C=O) groups excluding carboxylic acids is 2. The first-order valence-electron chi connectivity index (χ1n) is 5.98. The number of nitrogens with one attached hydrogen (secondary N) is 2. The number of likely N-dealkylation sites (N-methyl/N-ethyl adjacent to an activating group) is 1. The van der Waals surface area contributed by atoms with E-state index in [1.807, 2.05) is 13.8 Å². The summed E-state index contributed by atoms with van der Waals surface area (Å²) in [5, 5.41) is 8.90. The molecule has 2 amide bonds. The summed E-state index contributed by atoms with van der Waals surface area (Å²) in [7, 11) is 0. The number of amides is 2. The van der Waals surface area contributed by atoms with E-state index in [1.165, 1.54) is 0 Å². The van der Waals surface area contributed by atoms with Crippen molar-refractivity contribution in [1.82, 2.24) is 25.4 Å². The molecule has 7 nitrogen and oxygen atoms in total. The first-order chi connectivity index (χ1) is 8.49. The van der Waals surface area contributed by atoms with Gasteiger partial charge in [0.1, 0.15) is 11.9 Å². The molecule has 7 heteroatoms. The van der Waals surface area contributed by atoms with Crippen LogP contribution in [0.25, 0.3) is 0 Å². The Labute approximate surface area is 106 Å². The molecular weight excluding hydrogens is 234 g/mol. The van der Waals surface area contributed by atoms with Crippen LogP contribution in [0.4, 0.5) is 0 Å². The fourth-order valence-corrected chi connectivity index (χ4v) is 1.58. The molecule has 0 aliphatic rings. The van der Waals surface area contributed by atoms with Gasteiger partial charge in [-0.15, -0.1) is 5.10 Å². The quantitative estimate of drug-likeness (QED) is 0.778. The van der Waals surface area contributed by atoms with Gasteiger partial charge in [-0.25, -0.2) is 4.98 Å². The van der Waals surface area contributed by atoms with Crippen molar-refractivity contribution in [3.8, 4) is 0 Å². The average Bonchev–Trinajstić information content (AvgIpc) is 2.77. The molecule has 0 aromatic carbocycles. The summed E-state index contributed by atoms with van der Waals surface area (Å²) in [6, 6.07) is -0.587. The summed E-state index contributed by atoms with van der Waals surface area (Å²) in [6.45, 7) is 8.39. The van der Waals surface area contributed by atoms with Crippen LogP contribution in [0.5, 0.6) is 0 Å². The van der Waals surface area contributed by atoms with E-state index in [1.54, 1.807) is 18.7 Å². The lowest BCUT2D eigenvalue weighted by Gasteiger charge is -2.23. The number of hydrogen-bond donors (Lipinski definition) is 2. The normalized spacial score (nSPS) is 12.0. The van der Waals surface area contributed by atoms with Crippen molar-refractivity contribution in [2.45, 2.75) is 33.7 Å². The zero-order chi connectivity index (χ0) is 13.7. The minimum Gasteiger partial charge on any atom is -0.341 e. The maximum absolute atomic E-state index is 11.9. The number of aromatic nitrogens is 3. The van der Waals surface area contributed by atoms with Crippen LogP contribution < -0.4 is 5.32 Å². The molecule has 2 N–H and O–H groups in total. The van der Waals surface area contributed by atoms with Crippen LogP contribution in [0, 0.1) is 6.92 Å². The van der Waals surface area contributed by atoms with Crippen LogP contribution >= 0.6 is 0 Å². The van der Waals surface area contributed by atoms with Gasteiger partial charge in [-0.3, -0.25) is 14.7 Å². The fraction of sp³-hybridized carbons (Fsp3) is 0.636. The van der Waals surface area contributed by atoms with Gasteiger partial charge < -0.3 is 10.2 Å². The summed E-state index contributed by atoms with van der Waals surface area (Å²) in [5.74, 6) is 0.0440. The lowest BCUT2D eigenvalue weighted by molar-refractivity contribution is -0.132. The molecule has 0 bridgehead atoms. The fourth-order valence-electron chi connectivity index (χ4n) is 1.58. The van der Waals surface area contributed by atoms with Crippen molar-refractivity contribution in [3.05, 3.63) is 11.6 Å². The molecule has 1 heterocycles. The summed E-state index contributed by atoms with van der Waals surface area (Å²) < 4.78 is 0. The van der Waals surface area contributed by atoms with E-state index in [4.69, 9.17) is 0 Å². The van der Waals surface area contributed by atoms with Gasteiger partial charge in [-0.2, -0.15) is 0 Å². The molecule has 0 aliphatic heterocycles. The molecule has 1 atom stereocenters. The van der Waals surface area contributed by atoms with Crippen LogP contribution in [0.3, 0.4) is 0 Å². The summed E-state index contributed by atoms with van der Waals surface area (Å²) in [4.78, 5) is 29.3. The number of aryl methyl sites for hydroxylation is 1. The number of rotatable bonds is 5. The van der Waals surface area contributed by atoms with Crippen molar-refractivity contribution in [2.75, 3.05) is 13.1 Å². The van der Waals surface area contributed by atoms with Crippen LogP contribution in [0.15, 0.2) is 0 Å². The van der Waals surface area contributed by atoms with E-state index < -0.39 is 11.9 Å². The molecule has 0 saturated heterocycles. The van der Waals surface area contributed by atoms with Gasteiger partial charge >= 0.3 is 0 Å². The largest absolute Gasteiger partial charge is 0.341 e. The molecule has 1 unspecified atom stereocenters. The molecule has 0 fully saturated rings. The molecule has 0 saturated carbocycles. The second-order valence-electron chi connectivity index (χ2n) is 3.95. The maximum Gasteiger partial charge on any atom is 0.291 e. The van der Waals surface area contributed by atoms with E-state index in [0.717, 1.165) is 0 Å². The van der Waals surface area contributed by atoms with Crippen LogP contribution in [-0.4, -0.2) is 51.0 Å². The minimum atomic E-state index is -0.587. The summed E-state index contributed by atoms with van der Waals surface area (Å²) in [6.07, 6.45) is 0. The Morgan fingerprint density at radius 1 is 1.39 bits per heavy atom. The molecular formula is C11H19N5O2. The Bertz CT molecular complexity index is 425. The Morgan fingerprint density at radius 2 is 2.00 bits per heavy atom. The van der Waals surface area contributed by atoms with Gasteiger partial charge in [0.25, 0.3) is 5.91 Å². The summed E-state index contributed by atoms with van der Waals surface area (Å²) >= 11 is 0. The van der Waals surface area contributed by atoms with Crippen LogP contribution in [0.1, 0.15) is 37.2 Å². The second-order valence-corrected chi connectivity index (χ2v) is 3.95. The van der Waals surface area contributed by atoms with Crippen molar-refractivity contribution < 1.29 is 9.59 Å². The highest BCUT2D eigenvalue weighted by atomic mass is 16.2. The molecule has 1 aromatic rings. The number of carbonyl (C=O) groups is 2. The molecule has 100 valence electrons. The van der Waals surface area contributed by atoms with Crippen molar-refractivity contribution in [3.63, 3.8) is 0 Å². The summed E-state index contributed by atoms with van der Waals surface area (Å²) in [5.41, 5.74) is 0. The van der Waals surface area contributed by atoms with Gasteiger partial charge in [0.15, 0.2) is 0 Å². The van der Waals surface area contributed by atoms with Crippen molar-refractivity contribution in [1.29, 1.82) is 0 Å². The third kappa shape index (κ3) is 3.28. The number of H-pyrrole nitrogens is 1. The maximum atomic E-state index is 11.9. The average molecular weight is 253 g/mol. The second kappa shape index (κ2) is 6.13. The monoisotopic (exact) mass is 253 g/mol. The number of aromatic amines is 1. The van der Waals surface area contributed by atoms with Crippen molar-refractivity contribution in [2.24, 2.45) is 0 Å². The third-order valence-corrected chi connectivity index (χ3v) is 2.59. The molecule has 18 heavy (non-hydrogen) atoms. The zero-order valence-corrected chi connectivity index (χ0v) is 11.1. The third-order valence-electron chi connectivity index (χ3n) is 2.59. The van der Waals surface area contributed by atoms with Crippen molar-refractivity contribution >= 4 is 11.8 Å². The lowest BCUT2D eigenvalue weighted by atomic mass is 10.2. The van der Waals surface area contributed by atoms with E-state index >= 15 is 0 Å².